The number of alkyl carbamates (subject to hydrolysis) is 2. The van der Waals surface area contributed by atoms with Crippen molar-refractivity contribution < 1.29 is 95.2 Å². The first-order valence-corrected chi connectivity index (χ1v) is 26.9. The summed E-state index contributed by atoms with van der Waals surface area (Å²) in [4.78, 5) is 84.3. The quantitative estimate of drug-likeness (QED) is 0.0240. The summed E-state index contributed by atoms with van der Waals surface area (Å²) in [7, 11) is -8.76. The SMILES string of the molecule is CB(O)N=C(NB(C)O)N[C@H]1C=C(C)O[C@@H]([C@H](OC(=O)NCc2ccc(S(=O)(=O)c3ccc(CNC(=O)O[C@@H]([C@@H]4OC(C)=C[C@H](NC(=NB(C)O)NB(C)O)[C@H]4NC(C)=O)[C@H]4COC(=O)O4)cc3)cc2)[C@H]2COC(=O)O2)[C@@H]1NC(C)=O. The normalized spacial score (nSPS) is 23.2. The number of nitrogens with zero attached hydrogens (tertiary/aromatic N) is 2. The number of carbonyl (C=O) groups excluding carboxylic acids is 6. The Bertz CT molecular complexity index is 2650. The molecule has 12 N–H and O–H groups in total. The fraction of sp³-hybridized carbons (Fsp3) is 0.478. The molecular weight excluding hydrogens is 1090 g/mol. The molecule has 2 fully saturated rings. The van der Waals surface area contributed by atoms with E-state index in [2.05, 4.69) is 52.2 Å². The third-order valence-corrected chi connectivity index (χ3v) is 13.8. The second-order valence-corrected chi connectivity index (χ2v) is 21.0. The molecular formula is C46H64B4N10O20S. The Labute approximate surface area is 467 Å². The van der Waals surface area contributed by atoms with Crippen molar-refractivity contribution in [2.75, 3.05) is 13.2 Å². The van der Waals surface area contributed by atoms with Crippen LogP contribution >= 0.6 is 0 Å². The van der Waals surface area contributed by atoms with Crippen molar-refractivity contribution in [3.8, 4) is 0 Å². The summed E-state index contributed by atoms with van der Waals surface area (Å²) in [5.74, 6) is -0.548. The van der Waals surface area contributed by atoms with Crippen molar-refractivity contribution in [3.63, 3.8) is 0 Å². The van der Waals surface area contributed by atoms with Gasteiger partial charge in [0.1, 0.15) is 13.2 Å². The van der Waals surface area contributed by atoms with Crippen LogP contribution in [0.25, 0.3) is 0 Å². The Morgan fingerprint density at radius 3 is 1.26 bits per heavy atom. The van der Waals surface area contributed by atoms with E-state index in [4.69, 9.17) is 37.9 Å². The van der Waals surface area contributed by atoms with E-state index < -0.39 is 135 Å². The summed E-state index contributed by atoms with van der Waals surface area (Å²) >= 11 is 0. The molecule has 2 aromatic rings. The van der Waals surface area contributed by atoms with Gasteiger partial charge < -0.3 is 100 Å². The van der Waals surface area contributed by atoms with Crippen LogP contribution in [0, 0.1) is 0 Å². The van der Waals surface area contributed by atoms with Gasteiger partial charge in [-0.3, -0.25) is 19.4 Å². The zero-order valence-corrected chi connectivity index (χ0v) is 46.1. The number of benzene rings is 2. The number of rotatable bonds is 20. The molecule has 0 aliphatic carbocycles. The molecule has 4 aliphatic rings. The first-order valence-electron chi connectivity index (χ1n) is 25.4. The Morgan fingerprint density at radius 1 is 0.605 bits per heavy atom. The van der Waals surface area contributed by atoms with Gasteiger partial charge in [-0.2, -0.15) is 0 Å². The predicted molar refractivity (Wildman–Crippen MR) is 288 cm³/mol. The maximum atomic E-state index is 13.8. The number of ether oxygens (including phenoxy) is 8. The van der Waals surface area contributed by atoms with Crippen LogP contribution in [0.3, 0.4) is 0 Å². The summed E-state index contributed by atoms with van der Waals surface area (Å²) in [5.41, 5.74) is 0.891. The molecule has 81 heavy (non-hydrogen) atoms. The molecule has 4 amide bonds. The summed E-state index contributed by atoms with van der Waals surface area (Å²) < 4.78 is 72.1. The van der Waals surface area contributed by atoms with Crippen molar-refractivity contribution in [2.45, 2.75) is 139 Å². The summed E-state index contributed by atoms with van der Waals surface area (Å²) in [6, 6.07) is 7.34. The molecule has 0 spiro atoms. The Hall–Kier alpha value is -7.87. The van der Waals surface area contributed by atoms with Crippen LogP contribution < -0.4 is 42.4 Å². The maximum Gasteiger partial charge on any atom is 0.508 e. The monoisotopic (exact) mass is 1150 g/mol. The molecule has 10 atom stereocenters. The highest BCUT2D eigenvalue weighted by molar-refractivity contribution is 7.91. The highest BCUT2D eigenvalue weighted by atomic mass is 32.2. The number of carbonyl (C=O) groups is 6. The lowest BCUT2D eigenvalue weighted by atomic mass is 9.87. The number of amides is 4. The molecule has 6 rings (SSSR count). The minimum Gasteiger partial charge on any atom is -0.489 e. The van der Waals surface area contributed by atoms with Gasteiger partial charge in [-0.05, 0) is 88.7 Å². The van der Waals surface area contributed by atoms with Crippen molar-refractivity contribution in [1.82, 2.24) is 42.4 Å². The summed E-state index contributed by atoms with van der Waals surface area (Å²) in [5, 5.41) is 62.0. The number of hydrogen-bond donors (Lipinski definition) is 12. The Balaban J connectivity index is 1.09. The van der Waals surface area contributed by atoms with Crippen LogP contribution in [0.5, 0.6) is 0 Å². The fourth-order valence-electron chi connectivity index (χ4n) is 8.82. The van der Waals surface area contributed by atoms with Crippen molar-refractivity contribution >= 4 is 86.3 Å². The molecule has 0 unspecified atom stereocenters. The van der Waals surface area contributed by atoms with Gasteiger partial charge in [0.05, 0.1) is 45.5 Å². The number of hydrogen-bond acceptors (Lipinski definition) is 22. The van der Waals surface area contributed by atoms with E-state index in [0.29, 0.717) is 22.6 Å². The van der Waals surface area contributed by atoms with E-state index in [1.165, 1.54) is 89.7 Å². The molecule has 35 heteroatoms. The van der Waals surface area contributed by atoms with Crippen LogP contribution in [-0.4, -0.2) is 179 Å². The minimum atomic E-state index is -4.12. The van der Waals surface area contributed by atoms with Crippen LogP contribution in [-0.2, 0) is 70.4 Å². The van der Waals surface area contributed by atoms with Gasteiger partial charge >= 0.3 is 52.7 Å². The van der Waals surface area contributed by atoms with Crippen molar-refractivity contribution in [3.05, 3.63) is 83.3 Å². The van der Waals surface area contributed by atoms with E-state index in [9.17, 15) is 57.3 Å². The summed E-state index contributed by atoms with van der Waals surface area (Å²) in [6.07, 6.45) is -8.66. The van der Waals surface area contributed by atoms with Crippen LogP contribution in [0.15, 0.2) is 91.8 Å². The van der Waals surface area contributed by atoms with Gasteiger partial charge in [-0.15, -0.1) is 0 Å². The van der Waals surface area contributed by atoms with Crippen LogP contribution in [0.2, 0.25) is 27.3 Å². The molecule has 0 saturated carbocycles. The predicted octanol–water partition coefficient (Wildman–Crippen LogP) is -1.36. The molecule has 0 radical (unpaired) electrons. The van der Waals surface area contributed by atoms with Gasteiger partial charge in [-0.1, -0.05) is 24.3 Å². The molecule has 30 nitrogen and oxygen atoms in total. The Morgan fingerprint density at radius 2 is 0.963 bits per heavy atom. The van der Waals surface area contributed by atoms with E-state index in [0.717, 1.165) is 0 Å². The average Bonchev–Trinajstić information content (AvgIpc) is 4.06. The second kappa shape index (κ2) is 28.0. The lowest BCUT2D eigenvalue weighted by Gasteiger charge is -2.41. The summed E-state index contributed by atoms with van der Waals surface area (Å²) in [6.45, 7) is 10.2. The third kappa shape index (κ3) is 18.1. The van der Waals surface area contributed by atoms with E-state index in [-0.39, 0.29) is 48.0 Å². The topological polar surface area (TPSA) is 412 Å². The van der Waals surface area contributed by atoms with Crippen molar-refractivity contribution in [1.29, 1.82) is 0 Å². The fourth-order valence-corrected chi connectivity index (χ4v) is 10.1. The van der Waals surface area contributed by atoms with Gasteiger partial charge in [0, 0.05) is 26.9 Å². The first kappa shape index (κ1) is 62.3. The van der Waals surface area contributed by atoms with E-state index in [1.54, 1.807) is 26.0 Å². The molecule has 2 saturated heterocycles. The largest absolute Gasteiger partial charge is 0.508 e. The van der Waals surface area contributed by atoms with Crippen LogP contribution in [0.1, 0.15) is 38.8 Å². The molecule has 4 heterocycles. The van der Waals surface area contributed by atoms with Gasteiger partial charge in [-0.25, -0.2) is 27.6 Å². The molecule has 0 aromatic heterocycles. The number of allylic oxidation sites excluding steroid dienone is 2. The van der Waals surface area contributed by atoms with Gasteiger partial charge in [0.2, 0.25) is 21.7 Å². The van der Waals surface area contributed by atoms with Crippen LogP contribution in [0.4, 0.5) is 19.2 Å². The third-order valence-electron chi connectivity index (χ3n) is 12.1. The zero-order chi connectivity index (χ0) is 59.3. The number of guanidine groups is 2. The number of sulfone groups is 1. The lowest BCUT2D eigenvalue weighted by Crippen LogP contribution is -2.65. The van der Waals surface area contributed by atoms with Crippen molar-refractivity contribution in [2.24, 2.45) is 9.81 Å². The van der Waals surface area contributed by atoms with E-state index in [1.807, 2.05) is 0 Å². The minimum absolute atomic E-state index is 0.0480. The Kier molecular flexibility index (Phi) is 21.6. The lowest BCUT2D eigenvalue weighted by molar-refractivity contribution is -0.125. The second-order valence-electron chi connectivity index (χ2n) is 19.0. The number of cyclic esters (lactones) is 4. The first-order chi connectivity index (χ1) is 38.2. The smallest absolute Gasteiger partial charge is 0.489 e. The average molecular weight is 1150 g/mol. The molecule has 4 aliphatic heterocycles. The standard InChI is InChI=1S/C46H64B4N10O20S/c1-23-17-31(55-41(57-47(5)67)58-48(6)68)35(53-25(3)61)39(75-23)37(33-21-73-45(65)77-33)79-43(63)51-19-27-9-13-29(14-10-27)81(71,72)30-15-11-28(12-16-30)20-52-44(64)80-38(34-22-74-46(66)78-34)40-36(54-26(4)62)32(18-24(2)76-40)56-42(59-49(7)69)60-50(8)70/h9-18,31-40,67-70H,19-22H2,1-8H3,(H,51,63)(H,52,64)(H,53,61)(H,54,62)(H2,55,57,58)(H2,56,59,60)/t31-,32-,33+,34+,35+,36+,37+,38+,39+,40+/m0/s1. The van der Waals surface area contributed by atoms with Gasteiger partial charge in [0.25, 0.3) is 0 Å². The molecule has 0 bridgehead atoms. The highest BCUT2D eigenvalue weighted by Gasteiger charge is 2.51. The van der Waals surface area contributed by atoms with E-state index >= 15 is 0 Å². The molecule has 2 aromatic carbocycles. The highest BCUT2D eigenvalue weighted by Crippen LogP contribution is 2.30. The zero-order valence-electron chi connectivity index (χ0n) is 45.3. The maximum absolute atomic E-state index is 13.8. The number of nitrogens with one attached hydrogen (secondary N) is 8. The van der Waals surface area contributed by atoms with Gasteiger partial charge in [0.15, 0.2) is 48.5 Å². The molecule has 436 valence electrons.